The van der Waals surface area contributed by atoms with E-state index in [9.17, 15) is 18.0 Å². The van der Waals surface area contributed by atoms with Gasteiger partial charge in [-0.25, -0.2) is 4.68 Å². The Hall–Kier alpha value is -2.51. The van der Waals surface area contributed by atoms with Gasteiger partial charge >= 0.3 is 6.36 Å². The van der Waals surface area contributed by atoms with E-state index >= 15 is 0 Å². The molecule has 2 N–H and O–H groups in total. The smallest absolute Gasteiger partial charge is 0.388 e. The molecule has 0 unspecified atom stereocenters. The molecule has 0 radical (unpaired) electrons. The van der Waals surface area contributed by atoms with Crippen molar-refractivity contribution >= 4 is 5.91 Å². The molecule has 0 aliphatic carbocycles. The van der Waals surface area contributed by atoms with Crippen molar-refractivity contribution in [3.8, 4) is 11.6 Å². The number of nitrogens with two attached hydrogens (primary N) is 1. The fraction of sp³-hybridized carbons (Fsp3) is 0.0909. The maximum absolute atomic E-state index is 12.3. The van der Waals surface area contributed by atoms with Crippen LogP contribution in [0.4, 0.5) is 13.2 Å². The highest BCUT2D eigenvalue weighted by Crippen LogP contribution is 2.26. The number of benzene rings is 1. The first-order chi connectivity index (χ1) is 8.87. The Morgan fingerprint density at radius 1 is 1.26 bits per heavy atom. The van der Waals surface area contributed by atoms with Gasteiger partial charge in [-0.3, -0.25) is 4.79 Å². The summed E-state index contributed by atoms with van der Waals surface area (Å²) in [6.45, 7) is 0. The van der Waals surface area contributed by atoms with E-state index in [1.54, 1.807) is 18.2 Å². The summed E-state index contributed by atoms with van der Waals surface area (Å²) in [6.07, 6.45) is -4.89. The number of carbonyl (C=O) groups excluding carboxylic acids is 1. The Kier molecular flexibility index (Phi) is 3.16. The largest absolute Gasteiger partial charge is 0.574 e. The van der Waals surface area contributed by atoms with Gasteiger partial charge in [-0.1, -0.05) is 18.2 Å². The fourth-order valence-electron chi connectivity index (χ4n) is 1.43. The molecule has 0 fully saturated rings. The lowest BCUT2D eigenvalue weighted by atomic mass is 10.3. The van der Waals surface area contributed by atoms with Gasteiger partial charge in [-0.15, -0.1) is 13.2 Å². The SMILES string of the molecule is NC(=O)c1cc(OC(F)(F)F)n(-c2ccccc2)n1. The molecule has 1 aromatic carbocycles. The molecule has 1 heterocycles. The van der Waals surface area contributed by atoms with Crippen molar-refractivity contribution in [1.29, 1.82) is 0 Å². The molecule has 2 aromatic rings. The molecule has 0 saturated heterocycles. The minimum Gasteiger partial charge on any atom is -0.388 e. The zero-order chi connectivity index (χ0) is 14.0. The number of ether oxygens (including phenoxy) is 1. The number of halogens is 3. The molecule has 100 valence electrons. The molecule has 1 amide bonds. The number of para-hydroxylation sites is 1. The summed E-state index contributed by atoms with van der Waals surface area (Å²) in [5.74, 6) is -1.57. The second-order valence-electron chi connectivity index (χ2n) is 3.53. The van der Waals surface area contributed by atoms with E-state index in [2.05, 4.69) is 9.84 Å². The predicted molar refractivity (Wildman–Crippen MR) is 58.8 cm³/mol. The van der Waals surface area contributed by atoms with Crippen LogP contribution in [0.1, 0.15) is 10.5 Å². The van der Waals surface area contributed by atoms with Crippen molar-refractivity contribution in [3.63, 3.8) is 0 Å². The number of alkyl halides is 3. The molecular weight excluding hydrogens is 263 g/mol. The van der Waals surface area contributed by atoms with Gasteiger partial charge in [-0.2, -0.15) is 5.10 Å². The molecule has 0 aliphatic heterocycles. The van der Waals surface area contributed by atoms with E-state index in [-0.39, 0.29) is 5.69 Å². The minimum absolute atomic E-state index is 0.314. The van der Waals surface area contributed by atoms with Crippen LogP contribution in [0.3, 0.4) is 0 Å². The van der Waals surface area contributed by atoms with E-state index in [1.807, 2.05) is 0 Å². The van der Waals surface area contributed by atoms with E-state index in [0.29, 0.717) is 5.69 Å². The Labute approximate surface area is 105 Å². The molecule has 0 aliphatic rings. The van der Waals surface area contributed by atoms with Gasteiger partial charge in [-0.05, 0) is 12.1 Å². The van der Waals surface area contributed by atoms with Crippen LogP contribution in [0.25, 0.3) is 5.69 Å². The highest BCUT2D eigenvalue weighted by Gasteiger charge is 2.33. The summed E-state index contributed by atoms with van der Waals surface area (Å²) >= 11 is 0. The van der Waals surface area contributed by atoms with E-state index in [4.69, 9.17) is 5.73 Å². The number of primary amides is 1. The first kappa shape index (κ1) is 12.9. The number of nitrogens with zero attached hydrogens (tertiary/aromatic N) is 2. The Balaban J connectivity index is 2.49. The summed E-state index contributed by atoms with van der Waals surface area (Å²) in [4.78, 5) is 11.0. The Bertz CT molecular complexity index is 593. The molecule has 2 rings (SSSR count). The summed E-state index contributed by atoms with van der Waals surface area (Å²) in [7, 11) is 0. The Morgan fingerprint density at radius 2 is 1.89 bits per heavy atom. The topological polar surface area (TPSA) is 70.1 Å². The zero-order valence-corrected chi connectivity index (χ0v) is 9.39. The van der Waals surface area contributed by atoms with Gasteiger partial charge in [0, 0.05) is 6.07 Å². The normalized spacial score (nSPS) is 11.3. The molecular formula is C11H8F3N3O2. The number of hydrogen-bond acceptors (Lipinski definition) is 3. The van der Waals surface area contributed by atoms with Gasteiger partial charge in [0.25, 0.3) is 5.91 Å². The quantitative estimate of drug-likeness (QED) is 0.926. The van der Waals surface area contributed by atoms with Crippen LogP contribution in [-0.4, -0.2) is 22.1 Å². The lowest BCUT2D eigenvalue weighted by Gasteiger charge is -2.10. The highest BCUT2D eigenvalue weighted by atomic mass is 19.4. The van der Waals surface area contributed by atoms with Gasteiger partial charge in [0.2, 0.25) is 5.88 Å². The lowest BCUT2D eigenvalue weighted by molar-refractivity contribution is -0.276. The van der Waals surface area contributed by atoms with Crippen LogP contribution in [0.2, 0.25) is 0 Å². The molecule has 19 heavy (non-hydrogen) atoms. The van der Waals surface area contributed by atoms with E-state index in [1.165, 1.54) is 12.1 Å². The molecule has 8 heteroatoms. The Morgan fingerprint density at radius 3 is 2.42 bits per heavy atom. The summed E-state index contributed by atoms with van der Waals surface area (Å²) in [6, 6.07) is 8.77. The van der Waals surface area contributed by atoms with E-state index in [0.717, 1.165) is 10.7 Å². The zero-order valence-electron chi connectivity index (χ0n) is 9.39. The summed E-state index contributed by atoms with van der Waals surface area (Å²) < 4.78 is 41.5. The van der Waals surface area contributed by atoms with Gasteiger partial charge < -0.3 is 10.5 Å². The van der Waals surface area contributed by atoms with Gasteiger partial charge in [0.05, 0.1) is 5.69 Å². The van der Waals surface area contributed by atoms with Crippen molar-refractivity contribution in [1.82, 2.24) is 9.78 Å². The average molecular weight is 271 g/mol. The van der Waals surface area contributed by atoms with Gasteiger partial charge in [0.15, 0.2) is 5.69 Å². The number of amides is 1. The van der Waals surface area contributed by atoms with Crippen molar-refractivity contribution in [3.05, 3.63) is 42.1 Å². The van der Waals surface area contributed by atoms with Gasteiger partial charge in [0.1, 0.15) is 0 Å². The number of rotatable bonds is 3. The third-order valence-electron chi connectivity index (χ3n) is 2.15. The van der Waals surface area contributed by atoms with Crippen LogP contribution in [-0.2, 0) is 0 Å². The highest BCUT2D eigenvalue weighted by molar-refractivity contribution is 5.91. The third kappa shape index (κ3) is 3.03. The summed E-state index contributed by atoms with van der Waals surface area (Å²) in [5, 5.41) is 3.68. The average Bonchev–Trinajstić information content (AvgIpc) is 2.72. The summed E-state index contributed by atoms with van der Waals surface area (Å²) in [5.41, 5.74) is 4.98. The molecule has 1 aromatic heterocycles. The fourth-order valence-corrected chi connectivity index (χ4v) is 1.43. The van der Waals surface area contributed by atoms with Crippen LogP contribution >= 0.6 is 0 Å². The standard InChI is InChI=1S/C11H8F3N3O2/c12-11(13,14)19-9-6-8(10(15)18)16-17(9)7-4-2-1-3-5-7/h1-6H,(H2,15,18). The van der Waals surface area contributed by atoms with Crippen LogP contribution in [0.15, 0.2) is 36.4 Å². The number of carbonyl (C=O) groups is 1. The van der Waals surface area contributed by atoms with E-state index < -0.39 is 18.1 Å². The molecule has 5 nitrogen and oxygen atoms in total. The molecule has 0 bridgehead atoms. The van der Waals surface area contributed by atoms with Crippen LogP contribution in [0, 0.1) is 0 Å². The van der Waals surface area contributed by atoms with Crippen LogP contribution < -0.4 is 10.5 Å². The van der Waals surface area contributed by atoms with Crippen molar-refractivity contribution < 1.29 is 22.7 Å². The number of aromatic nitrogens is 2. The second kappa shape index (κ2) is 4.63. The third-order valence-corrected chi connectivity index (χ3v) is 2.15. The second-order valence-corrected chi connectivity index (χ2v) is 3.53. The molecule has 0 saturated carbocycles. The maximum Gasteiger partial charge on any atom is 0.574 e. The minimum atomic E-state index is -4.89. The monoisotopic (exact) mass is 271 g/mol. The maximum atomic E-state index is 12.3. The number of hydrogen-bond donors (Lipinski definition) is 1. The first-order valence-corrected chi connectivity index (χ1v) is 5.08. The van der Waals surface area contributed by atoms with Crippen LogP contribution in [0.5, 0.6) is 5.88 Å². The molecule has 0 atom stereocenters. The lowest BCUT2D eigenvalue weighted by Crippen LogP contribution is -2.19. The first-order valence-electron chi connectivity index (χ1n) is 5.08. The van der Waals surface area contributed by atoms with Crippen molar-refractivity contribution in [2.45, 2.75) is 6.36 Å². The van der Waals surface area contributed by atoms with Crippen molar-refractivity contribution in [2.24, 2.45) is 5.73 Å². The molecule has 0 spiro atoms. The van der Waals surface area contributed by atoms with Crippen molar-refractivity contribution in [2.75, 3.05) is 0 Å². The predicted octanol–water partition coefficient (Wildman–Crippen LogP) is 1.87.